The zero-order chi connectivity index (χ0) is 12.1. The molecule has 1 N–H and O–H groups in total. The molecule has 1 fully saturated rings. The first kappa shape index (κ1) is 11.5. The zero-order valence-electron chi connectivity index (χ0n) is 9.60. The van der Waals surface area contributed by atoms with Crippen LogP contribution in [-0.4, -0.2) is 24.0 Å². The maximum Gasteiger partial charge on any atom is 0.318 e. The van der Waals surface area contributed by atoms with E-state index >= 15 is 0 Å². The average molecular weight is 229 g/mol. The Morgan fingerprint density at radius 3 is 2.53 bits per heavy atom. The van der Waals surface area contributed by atoms with Crippen LogP contribution in [0.3, 0.4) is 0 Å². The van der Waals surface area contributed by atoms with Gasteiger partial charge in [0.15, 0.2) is 0 Å². The second kappa shape index (κ2) is 5.35. The van der Waals surface area contributed by atoms with Crippen molar-refractivity contribution in [3.63, 3.8) is 0 Å². The molecule has 1 aliphatic heterocycles. The number of nitrogens with zero attached hydrogens (tertiary/aromatic N) is 2. The lowest BCUT2D eigenvalue weighted by atomic mass is 10.1. The lowest BCUT2D eigenvalue weighted by Crippen LogP contribution is -2.39. The SMILES string of the molecule is N#CC(NC(=O)N1CCCC1)c1ccccc1. The Hall–Kier alpha value is -2.02. The molecule has 0 bridgehead atoms. The van der Waals surface area contributed by atoms with Gasteiger partial charge in [-0.2, -0.15) is 5.26 Å². The van der Waals surface area contributed by atoms with Gasteiger partial charge in [-0.05, 0) is 18.4 Å². The molecule has 1 atom stereocenters. The van der Waals surface area contributed by atoms with Crippen LogP contribution >= 0.6 is 0 Å². The largest absolute Gasteiger partial charge is 0.325 e. The molecule has 0 aromatic heterocycles. The Morgan fingerprint density at radius 2 is 1.94 bits per heavy atom. The summed E-state index contributed by atoms with van der Waals surface area (Å²) in [6.07, 6.45) is 2.10. The van der Waals surface area contributed by atoms with Crippen molar-refractivity contribution in [2.24, 2.45) is 0 Å². The molecule has 0 spiro atoms. The minimum atomic E-state index is -0.565. The van der Waals surface area contributed by atoms with Gasteiger partial charge in [0.1, 0.15) is 6.04 Å². The second-order valence-corrected chi connectivity index (χ2v) is 4.12. The third kappa shape index (κ3) is 2.76. The summed E-state index contributed by atoms with van der Waals surface area (Å²) in [6.45, 7) is 1.58. The van der Waals surface area contributed by atoms with Crippen LogP contribution in [0.25, 0.3) is 0 Å². The van der Waals surface area contributed by atoms with E-state index in [9.17, 15) is 4.79 Å². The molecule has 1 aromatic rings. The lowest BCUT2D eigenvalue weighted by molar-refractivity contribution is 0.207. The molecule has 0 saturated carbocycles. The second-order valence-electron chi connectivity index (χ2n) is 4.12. The van der Waals surface area contributed by atoms with Crippen molar-refractivity contribution in [3.8, 4) is 6.07 Å². The van der Waals surface area contributed by atoms with E-state index in [2.05, 4.69) is 11.4 Å². The van der Waals surface area contributed by atoms with E-state index in [1.165, 1.54) is 0 Å². The van der Waals surface area contributed by atoms with Crippen LogP contribution in [0.5, 0.6) is 0 Å². The molecule has 1 saturated heterocycles. The molecular weight excluding hydrogens is 214 g/mol. The van der Waals surface area contributed by atoms with Crippen LogP contribution in [0.2, 0.25) is 0 Å². The Morgan fingerprint density at radius 1 is 1.29 bits per heavy atom. The number of rotatable bonds is 2. The monoisotopic (exact) mass is 229 g/mol. The highest BCUT2D eigenvalue weighted by atomic mass is 16.2. The highest BCUT2D eigenvalue weighted by molar-refractivity contribution is 5.75. The Labute approximate surface area is 101 Å². The number of carbonyl (C=O) groups is 1. The first-order valence-electron chi connectivity index (χ1n) is 5.81. The minimum Gasteiger partial charge on any atom is -0.325 e. The molecule has 1 aliphatic rings. The van der Waals surface area contributed by atoms with E-state index < -0.39 is 6.04 Å². The average Bonchev–Trinajstić information content (AvgIpc) is 2.90. The van der Waals surface area contributed by atoms with Crippen molar-refractivity contribution >= 4 is 6.03 Å². The van der Waals surface area contributed by atoms with Crippen molar-refractivity contribution in [2.75, 3.05) is 13.1 Å². The van der Waals surface area contributed by atoms with Gasteiger partial charge in [0, 0.05) is 13.1 Å². The van der Waals surface area contributed by atoms with E-state index in [-0.39, 0.29) is 6.03 Å². The molecule has 1 aromatic carbocycles. The Kier molecular flexibility index (Phi) is 3.61. The molecule has 4 heteroatoms. The summed E-state index contributed by atoms with van der Waals surface area (Å²) in [7, 11) is 0. The molecule has 0 aliphatic carbocycles. The Balaban J connectivity index is 2.01. The fraction of sp³-hybridized carbons (Fsp3) is 0.385. The van der Waals surface area contributed by atoms with E-state index in [1.807, 2.05) is 30.3 Å². The number of carbonyl (C=O) groups excluding carboxylic acids is 1. The number of benzene rings is 1. The van der Waals surface area contributed by atoms with Gasteiger partial charge in [0.05, 0.1) is 6.07 Å². The summed E-state index contributed by atoms with van der Waals surface area (Å²) in [4.78, 5) is 13.6. The quantitative estimate of drug-likeness (QED) is 0.843. The normalized spacial score (nSPS) is 16.3. The standard InChI is InChI=1S/C13H15N3O/c14-10-12(11-6-2-1-3-7-11)15-13(17)16-8-4-5-9-16/h1-3,6-7,12H,4-5,8-9H2,(H,15,17). The predicted octanol–water partition coefficient (Wildman–Crippen LogP) is 2.06. The summed E-state index contributed by atoms with van der Waals surface area (Å²) in [5, 5.41) is 11.8. The minimum absolute atomic E-state index is 0.141. The molecule has 4 nitrogen and oxygen atoms in total. The lowest BCUT2D eigenvalue weighted by Gasteiger charge is -2.19. The Bertz CT molecular complexity index is 418. The van der Waals surface area contributed by atoms with E-state index in [0.29, 0.717) is 0 Å². The summed E-state index contributed by atoms with van der Waals surface area (Å²) < 4.78 is 0. The van der Waals surface area contributed by atoms with Gasteiger partial charge in [-0.3, -0.25) is 0 Å². The van der Waals surface area contributed by atoms with E-state index in [1.54, 1.807) is 4.90 Å². The molecule has 1 unspecified atom stereocenters. The van der Waals surface area contributed by atoms with E-state index in [4.69, 9.17) is 5.26 Å². The molecule has 2 amide bonds. The zero-order valence-corrected chi connectivity index (χ0v) is 9.60. The van der Waals surface area contributed by atoms with Crippen LogP contribution in [-0.2, 0) is 0 Å². The molecular formula is C13H15N3O. The summed E-state index contributed by atoms with van der Waals surface area (Å²) in [5.41, 5.74) is 0.822. The smallest absolute Gasteiger partial charge is 0.318 e. The highest BCUT2D eigenvalue weighted by Gasteiger charge is 2.21. The molecule has 0 radical (unpaired) electrons. The van der Waals surface area contributed by atoms with Gasteiger partial charge in [-0.25, -0.2) is 4.79 Å². The maximum absolute atomic E-state index is 11.9. The molecule has 1 heterocycles. The van der Waals surface area contributed by atoms with Gasteiger partial charge in [0.25, 0.3) is 0 Å². The summed E-state index contributed by atoms with van der Waals surface area (Å²) >= 11 is 0. The topological polar surface area (TPSA) is 56.1 Å². The number of likely N-dealkylation sites (tertiary alicyclic amines) is 1. The number of amides is 2. The first-order valence-corrected chi connectivity index (χ1v) is 5.81. The van der Waals surface area contributed by atoms with Crippen molar-refractivity contribution in [1.29, 1.82) is 5.26 Å². The van der Waals surface area contributed by atoms with Crippen LogP contribution in [0, 0.1) is 11.3 Å². The fourth-order valence-electron chi connectivity index (χ4n) is 1.97. The molecule has 2 rings (SSSR count). The van der Waals surface area contributed by atoms with Crippen molar-refractivity contribution in [3.05, 3.63) is 35.9 Å². The van der Waals surface area contributed by atoms with Crippen LogP contribution in [0.4, 0.5) is 4.79 Å². The van der Waals surface area contributed by atoms with Crippen LogP contribution in [0.15, 0.2) is 30.3 Å². The van der Waals surface area contributed by atoms with Gasteiger partial charge in [-0.15, -0.1) is 0 Å². The van der Waals surface area contributed by atoms with Crippen molar-refractivity contribution < 1.29 is 4.79 Å². The third-order valence-electron chi connectivity index (χ3n) is 2.92. The maximum atomic E-state index is 11.9. The molecule has 88 valence electrons. The van der Waals surface area contributed by atoms with Gasteiger partial charge in [-0.1, -0.05) is 30.3 Å². The molecule has 17 heavy (non-hydrogen) atoms. The van der Waals surface area contributed by atoms with Crippen molar-refractivity contribution in [2.45, 2.75) is 18.9 Å². The fourth-order valence-corrected chi connectivity index (χ4v) is 1.97. The van der Waals surface area contributed by atoms with Gasteiger partial charge >= 0.3 is 6.03 Å². The number of hydrogen-bond donors (Lipinski definition) is 1. The number of hydrogen-bond acceptors (Lipinski definition) is 2. The summed E-state index contributed by atoms with van der Waals surface area (Å²) in [5.74, 6) is 0. The first-order chi connectivity index (χ1) is 8.31. The summed E-state index contributed by atoms with van der Waals surface area (Å²) in [6, 6.07) is 10.7. The third-order valence-corrected chi connectivity index (χ3v) is 2.92. The van der Waals surface area contributed by atoms with Crippen LogP contribution in [0.1, 0.15) is 24.4 Å². The van der Waals surface area contributed by atoms with Gasteiger partial charge in [0.2, 0.25) is 0 Å². The number of nitrogens with one attached hydrogen (secondary N) is 1. The van der Waals surface area contributed by atoms with Crippen LogP contribution < -0.4 is 5.32 Å². The number of nitriles is 1. The van der Waals surface area contributed by atoms with Crippen molar-refractivity contribution in [1.82, 2.24) is 10.2 Å². The highest BCUT2D eigenvalue weighted by Crippen LogP contribution is 2.13. The number of urea groups is 1. The predicted molar refractivity (Wildman–Crippen MR) is 64.1 cm³/mol. The van der Waals surface area contributed by atoms with E-state index in [0.717, 1.165) is 31.5 Å². The van der Waals surface area contributed by atoms with Gasteiger partial charge < -0.3 is 10.2 Å².